The van der Waals surface area contributed by atoms with Gasteiger partial charge < -0.3 is 9.30 Å². The minimum Gasteiger partial charge on any atom is -0.404 e. The zero-order valence-electron chi connectivity index (χ0n) is 18.5. The fourth-order valence-electron chi connectivity index (χ4n) is 4.16. The van der Waals surface area contributed by atoms with E-state index in [0.29, 0.717) is 0 Å². The molecule has 1 aromatic heterocycles. The lowest BCUT2D eigenvalue weighted by Gasteiger charge is -2.33. The zero-order valence-corrected chi connectivity index (χ0v) is 19.3. The summed E-state index contributed by atoms with van der Waals surface area (Å²) in [7, 11) is -4.70. The van der Waals surface area contributed by atoms with Gasteiger partial charge in [0.25, 0.3) is 0 Å². The van der Waals surface area contributed by atoms with Gasteiger partial charge >= 0.3 is 12.5 Å². The second-order valence-corrected chi connectivity index (χ2v) is 9.98. The van der Waals surface area contributed by atoms with Crippen LogP contribution in [0.25, 0.3) is 0 Å². The molecule has 14 heteroatoms. The molecule has 0 aliphatic carbocycles. The van der Waals surface area contributed by atoms with Gasteiger partial charge in [0.15, 0.2) is 0 Å². The number of sulfonamides is 1. The average molecular weight is 534 g/mol. The van der Waals surface area contributed by atoms with Crippen LogP contribution in [-0.2, 0) is 35.7 Å². The number of halogens is 6. The summed E-state index contributed by atoms with van der Waals surface area (Å²) in [5.74, 6) is -2.47. The van der Waals surface area contributed by atoms with Crippen LogP contribution in [0.2, 0.25) is 0 Å². The molecule has 2 aromatic carbocycles. The molecule has 1 aliphatic heterocycles. The quantitative estimate of drug-likeness (QED) is 0.440. The molecular formula is C22H20F6N4O3S. The molecule has 194 valence electrons. The van der Waals surface area contributed by atoms with Crippen molar-refractivity contribution in [2.24, 2.45) is 0 Å². The van der Waals surface area contributed by atoms with E-state index < -0.39 is 51.6 Å². The van der Waals surface area contributed by atoms with Gasteiger partial charge in [-0.2, -0.15) is 17.5 Å². The Kier molecular flexibility index (Phi) is 7.01. The van der Waals surface area contributed by atoms with E-state index in [1.807, 2.05) is 0 Å². The maximum atomic E-state index is 13.8. The molecule has 0 bridgehead atoms. The van der Waals surface area contributed by atoms with Crippen LogP contribution in [0.15, 0.2) is 59.5 Å². The van der Waals surface area contributed by atoms with Crippen molar-refractivity contribution in [1.82, 2.24) is 19.1 Å². The topological polar surface area (TPSA) is 77.3 Å². The standard InChI is InChI=1S/C22H20F6N4O3S/c23-21(24,25)20-30-29-19-14-32(16(9-6-12-31(19)20)13-15-7-2-1-3-8-15)36(33,34)18-11-5-4-10-17(18)35-22(26,27)28/h1-5,7-8,10-11,16H,6,9,12-14H2. The molecule has 0 N–H and O–H groups in total. The van der Waals surface area contributed by atoms with E-state index in [0.717, 1.165) is 26.6 Å². The van der Waals surface area contributed by atoms with Crippen LogP contribution in [0.4, 0.5) is 26.3 Å². The maximum absolute atomic E-state index is 13.8. The Morgan fingerprint density at radius 2 is 1.61 bits per heavy atom. The summed E-state index contributed by atoms with van der Waals surface area (Å²) < 4.78 is 112. The Morgan fingerprint density at radius 3 is 2.28 bits per heavy atom. The number of hydrogen-bond acceptors (Lipinski definition) is 5. The number of aromatic nitrogens is 3. The largest absolute Gasteiger partial charge is 0.573 e. The Labute approximate surface area is 202 Å². The van der Waals surface area contributed by atoms with E-state index in [2.05, 4.69) is 14.9 Å². The number of para-hydroxylation sites is 1. The van der Waals surface area contributed by atoms with E-state index in [1.54, 1.807) is 30.3 Å². The van der Waals surface area contributed by atoms with Crippen LogP contribution in [-0.4, -0.2) is 39.9 Å². The molecule has 0 radical (unpaired) electrons. The first kappa shape index (κ1) is 25.9. The summed E-state index contributed by atoms with van der Waals surface area (Å²) in [4.78, 5) is -0.761. The predicted octanol–water partition coefficient (Wildman–Crippen LogP) is 4.79. The van der Waals surface area contributed by atoms with E-state index in [4.69, 9.17) is 0 Å². The highest BCUT2D eigenvalue weighted by Gasteiger charge is 2.42. The van der Waals surface area contributed by atoms with E-state index in [-0.39, 0.29) is 31.6 Å². The highest BCUT2D eigenvalue weighted by molar-refractivity contribution is 7.89. The van der Waals surface area contributed by atoms with Gasteiger partial charge in [-0.25, -0.2) is 8.42 Å². The number of alkyl halides is 6. The van der Waals surface area contributed by atoms with Gasteiger partial charge in [-0.3, -0.25) is 0 Å². The minimum atomic E-state index is -5.16. The van der Waals surface area contributed by atoms with Crippen molar-refractivity contribution in [1.29, 1.82) is 0 Å². The molecule has 0 fully saturated rings. The minimum absolute atomic E-state index is 0.0931. The smallest absolute Gasteiger partial charge is 0.404 e. The van der Waals surface area contributed by atoms with Crippen molar-refractivity contribution in [3.8, 4) is 5.75 Å². The van der Waals surface area contributed by atoms with E-state index >= 15 is 0 Å². The Morgan fingerprint density at radius 1 is 0.944 bits per heavy atom. The number of benzene rings is 2. The first-order valence-electron chi connectivity index (χ1n) is 10.8. The second kappa shape index (κ2) is 9.73. The number of ether oxygens (including phenoxy) is 1. The Bertz CT molecular complexity index is 1310. The number of hydrogen-bond donors (Lipinski definition) is 0. The van der Waals surface area contributed by atoms with Gasteiger partial charge in [-0.1, -0.05) is 42.5 Å². The third kappa shape index (κ3) is 5.64. The third-order valence-electron chi connectivity index (χ3n) is 5.68. The molecule has 4 rings (SSSR count). The van der Waals surface area contributed by atoms with Crippen LogP contribution in [0, 0.1) is 0 Å². The van der Waals surface area contributed by atoms with Crippen LogP contribution in [0.3, 0.4) is 0 Å². The van der Waals surface area contributed by atoms with E-state index in [1.165, 1.54) is 12.1 Å². The van der Waals surface area contributed by atoms with Gasteiger partial charge in [0.05, 0.1) is 6.54 Å². The SMILES string of the molecule is O=S(=O)(c1ccccc1OC(F)(F)F)N1Cc2nnc(C(F)(F)F)n2CCCC1Cc1ccccc1. The molecule has 0 saturated carbocycles. The average Bonchev–Trinajstić information content (AvgIpc) is 3.17. The molecular weight excluding hydrogens is 514 g/mol. The van der Waals surface area contributed by atoms with Gasteiger partial charge in [-0.05, 0) is 37.0 Å². The van der Waals surface area contributed by atoms with Crippen molar-refractivity contribution in [3.05, 3.63) is 71.8 Å². The van der Waals surface area contributed by atoms with E-state index in [9.17, 15) is 34.8 Å². The molecule has 36 heavy (non-hydrogen) atoms. The first-order valence-corrected chi connectivity index (χ1v) is 12.2. The molecule has 0 spiro atoms. The first-order chi connectivity index (χ1) is 16.9. The Balaban J connectivity index is 1.81. The van der Waals surface area contributed by atoms with Crippen LogP contribution >= 0.6 is 0 Å². The highest BCUT2D eigenvalue weighted by atomic mass is 32.2. The summed E-state index contributed by atoms with van der Waals surface area (Å²) in [6.45, 7) is -0.715. The molecule has 2 heterocycles. The summed E-state index contributed by atoms with van der Waals surface area (Å²) >= 11 is 0. The van der Waals surface area contributed by atoms with Gasteiger partial charge in [0, 0.05) is 12.6 Å². The summed E-state index contributed by atoms with van der Waals surface area (Å²) in [6, 6.07) is 12.2. The third-order valence-corrected chi connectivity index (χ3v) is 7.62. The normalized spacial score (nSPS) is 17.8. The molecule has 1 unspecified atom stereocenters. The molecule has 3 aromatic rings. The van der Waals surface area contributed by atoms with Crippen LogP contribution in [0.1, 0.15) is 30.1 Å². The zero-order chi connectivity index (χ0) is 26.1. The maximum Gasteiger partial charge on any atom is 0.573 e. The fraction of sp³-hybridized carbons (Fsp3) is 0.364. The molecule has 0 amide bonds. The molecule has 1 aliphatic rings. The van der Waals surface area contributed by atoms with Crippen molar-refractivity contribution < 1.29 is 39.5 Å². The summed E-state index contributed by atoms with van der Waals surface area (Å²) in [5.41, 5.74) is 0.751. The fourth-order valence-corrected chi connectivity index (χ4v) is 5.89. The summed E-state index contributed by atoms with van der Waals surface area (Å²) in [5, 5.41) is 6.79. The molecule has 1 atom stereocenters. The predicted molar refractivity (Wildman–Crippen MR) is 114 cm³/mol. The van der Waals surface area contributed by atoms with Gasteiger partial charge in [0.1, 0.15) is 16.5 Å². The lowest BCUT2D eigenvalue weighted by molar-refractivity contribution is -0.275. The van der Waals surface area contributed by atoms with Gasteiger partial charge in [-0.15, -0.1) is 23.4 Å². The van der Waals surface area contributed by atoms with Crippen molar-refractivity contribution in [2.75, 3.05) is 0 Å². The van der Waals surface area contributed by atoms with Crippen molar-refractivity contribution in [3.63, 3.8) is 0 Å². The van der Waals surface area contributed by atoms with Gasteiger partial charge in [0.2, 0.25) is 15.8 Å². The Hall–Kier alpha value is -3.13. The molecule has 0 saturated heterocycles. The summed E-state index contributed by atoms with van der Waals surface area (Å²) in [6.07, 6.45) is -9.50. The van der Waals surface area contributed by atoms with Crippen LogP contribution < -0.4 is 4.74 Å². The highest BCUT2D eigenvalue weighted by Crippen LogP contribution is 2.36. The number of fused-ring (bicyclic) bond motifs is 1. The van der Waals surface area contributed by atoms with Crippen molar-refractivity contribution in [2.45, 2.75) is 55.8 Å². The second-order valence-electron chi connectivity index (χ2n) is 8.12. The van der Waals surface area contributed by atoms with Crippen molar-refractivity contribution >= 4 is 10.0 Å². The number of nitrogens with zero attached hydrogens (tertiary/aromatic N) is 4. The van der Waals surface area contributed by atoms with Crippen LogP contribution in [0.5, 0.6) is 5.75 Å². The monoisotopic (exact) mass is 534 g/mol. The molecule has 7 nitrogen and oxygen atoms in total. The lowest BCUT2D eigenvalue weighted by Crippen LogP contribution is -2.43. The number of rotatable bonds is 5. The lowest BCUT2D eigenvalue weighted by atomic mass is 10.0.